The third-order valence-corrected chi connectivity index (χ3v) is 4.34. The molecule has 0 amide bonds. The zero-order valence-electron chi connectivity index (χ0n) is 10.4. The number of pyridine rings is 1. The topological polar surface area (TPSA) is 85.1 Å². The van der Waals surface area contributed by atoms with Crippen molar-refractivity contribution in [2.45, 2.75) is 13.8 Å². The Balaban J connectivity index is 2.71. The molecule has 18 heavy (non-hydrogen) atoms. The number of hydrogen-bond acceptors (Lipinski definition) is 5. The Morgan fingerprint density at radius 2 is 2.17 bits per heavy atom. The number of aromatic nitrogens is 1. The summed E-state index contributed by atoms with van der Waals surface area (Å²) in [5.41, 5.74) is 7.05. The molecule has 0 spiro atoms. The predicted molar refractivity (Wildman–Crippen MR) is 77.7 cm³/mol. The molecule has 100 valence electrons. The van der Waals surface area contributed by atoms with Crippen molar-refractivity contribution in [3.05, 3.63) is 23.4 Å². The lowest BCUT2D eigenvalue weighted by Gasteiger charge is -2.08. The quantitative estimate of drug-likeness (QED) is 0.755. The first-order valence-corrected chi connectivity index (χ1v) is 7.80. The standard InChI is InChI=1S/C11H17N3O2S2/c1-3-18(15,16)5-4-13-10-7-9(11(12)17)6-8(2)14-10/h6-7H,3-5H2,1-2H3,(H2,12,17)(H,13,14). The first kappa shape index (κ1) is 14.8. The molecule has 0 saturated carbocycles. The van der Waals surface area contributed by atoms with Crippen molar-refractivity contribution in [2.75, 3.05) is 23.4 Å². The van der Waals surface area contributed by atoms with Gasteiger partial charge in [-0.2, -0.15) is 0 Å². The zero-order chi connectivity index (χ0) is 13.8. The Morgan fingerprint density at radius 3 is 2.72 bits per heavy atom. The van der Waals surface area contributed by atoms with E-state index in [9.17, 15) is 8.42 Å². The average Bonchev–Trinajstić information content (AvgIpc) is 2.28. The molecule has 1 rings (SSSR count). The van der Waals surface area contributed by atoms with E-state index in [0.29, 0.717) is 17.4 Å². The number of nitrogens with one attached hydrogen (secondary N) is 1. The first-order chi connectivity index (χ1) is 8.34. The van der Waals surface area contributed by atoms with Crippen LogP contribution >= 0.6 is 12.2 Å². The van der Waals surface area contributed by atoms with Gasteiger partial charge in [0, 0.05) is 23.6 Å². The molecule has 1 aromatic heterocycles. The monoisotopic (exact) mass is 287 g/mol. The number of thiocarbonyl (C=S) groups is 1. The van der Waals surface area contributed by atoms with Gasteiger partial charge in [-0.1, -0.05) is 19.1 Å². The molecule has 0 aliphatic rings. The van der Waals surface area contributed by atoms with Gasteiger partial charge in [0.25, 0.3) is 0 Å². The molecule has 0 aromatic carbocycles. The third kappa shape index (κ3) is 4.58. The highest BCUT2D eigenvalue weighted by molar-refractivity contribution is 7.91. The summed E-state index contributed by atoms with van der Waals surface area (Å²) in [6.45, 7) is 3.78. The molecule has 0 atom stereocenters. The van der Waals surface area contributed by atoms with Crippen molar-refractivity contribution >= 4 is 32.9 Å². The molecule has 0 bridgehead atoms. The molecule has 0 aliphatic heterocycles. The van der Waals surface area contributed by atoms with Crippen molar-refractivity contribution in [2.24, 2.45) is 5.73 Å². The van der Waals surface area contributed by atoms with E-state index in [1.807, 2.05) is 6.92 Å². The van der Waals surface area contributed by atoms with Gasteiger partial charge in [0.1, 0.15) is 10.8 Å². The van der Waals surface area contributed by atoms with Crippen molar-refractivity contribution < 1.29 is 8.42 Å². The molecule has 1 heterocycles. The van der Waals surface area contributed by atoms with Gasteiger partial charge < -0.3 is 11.1 Å². The molecule has 0 radical (unpaired) electrons. The van der Waals surface area contributed by atoms with E-state index in [-0.39, 0.29) is 11.5 Å². The van der Waals surface area contributed by atoms with Gasteiger partial charge in [-0.25, -0.2) is 13.4 Å². The Bertz CT molecular complexity index is 541. The molecular weight excluding hydrogens is 270 g/mol. The molecule has 0 aliphatic carbocycles. The maximum atomic E-state index is 11.3. The molecule has 0 unspecified atom stereocenters. The Labute approximate surface area is 113 Å². The summed E-state index contributed by atoms with van der Waals surface area (Å²) < 4.78 is 22.7. The molecule has 1 aromatic rings. The van der Waals surface area contributed by atoms with Crippen LogP contribution < -0.4 is 11.1 Å². The van der Waals surface area contributed by atoms with Crippen molar-refractivity contribution in [1.29, 1.82) is 0 Å². The summed E-state index contributed by atoms with van der Waals surface area (Å²) in [5, 5.41) is 2.97. The molecule has 5 nitrogen and oxygen atoms in total. The van der Waals surface area contributed by atoms with E-state index in [2.05, 4.69) is 10.3 Å². The Morgan fingerprint density at radius 1 is 1.50 bits per heavy atom. The molecular formula is C11H17N3O2S2. The van der Waals surface area contributed by atoms with Gasteiger partial charge in [0.05, 0.1) is 5.75 Å². The average molecular weight is 287 g/mol. The van der Waals surface area contributed by atoms with E-state index in [1.165, 1.54) is 0 Å². The van der Waals surface area contributed by atoms with E-state index < -0.39 is 9.84 Å². The Kier molecular flexibility index (Phi) is 5.03. The number of aryl methyl sites for hydroxylation is 1. The fourth-order valence-electron chi connectivity index (χ4n) is 1.38. The minimum Gasteiger partial charge on any atom is -0.389 e. The largest absolute Gasteiger partial charge is 0.389 e. The van der Waals surface area contributed by atoms with E-state index in [0.717, 1.165) is 11.3 Å². The van der Waals surface area contributed by atoms with Crippen LogP contribution in [0.2, 0.25) is 0 Å². The lowest BCUT2D eigenvalue weighted by atomic mass is 10.2. The second-order valence-corrected chi connectivity index (χ2v) is 6.82. The maximum absolute atomic E-state index is 11.3. The molecule has 0 saturated heterocycles. The number of rotatable bonds is 6. The SMILES string of the molecule is CCS(=O)(=O)CCNc1cc(C(N)=S)cc(C)n1. The van der Waals surface area contributed by atoms with Crippen LogP contribution in [0.15, 0.2) is 12.1 Å². The predicted octanol–water partition coefficient (Wildman–Crippen LogP) is 0.871. The van der Waals surface area contributed by atoms with Gasteiger partial charge in [-0.15, -0.1) is 0 Å². The second kappa shape index (κ2) is 6.10. The van der Waals surface area contributed by atoms with Crippen molar-refractivity contribution in [1.82, 2.24) is 4.98 Å². The third-order valence-electron chi connectivity index (χ3n) is 2.40. The van der Waals surface area contributed by atoms with Crippen LogP contribution in [-0.2, 0) is 9.84 Å². The minimum absolute atomic E-state index is 0.0848. The van der Waals surface area contributed by atoms with Crippen molar-refractivity contribution in [3.8, 4) is 0 Å². The number of nitrogens with two attached hydrogens (primary N) is 1. The van der Waals surface area contributed by atoms with Crippen LogP contribution in [0.1, 0.15) is 18.2 Å². The summed E-state index contributed by atoms with van der Waals surface area (Å²) in [7, 11) is -2.97. The van der Waals surface area contributed by atoms with Crippen LogP contribution in [0, 0.1) is 6.92 Å². The molecule has 0 fully saturated rings. The van der Waals surface area contributed by atoms with E-state index >= 15 is 0 Å². The number of anilines is 1. The van der Waals surface area contributed by atoms with E-state index in [4.69, 9.17) is 18.0 Å². The Hall–Kier alpha value is -1.21. The fraction of sp³-hybridized carbons (Fsp3) is 0.455. The smallest absolute Gasteiger partial charge is 0.151 e. The lowest BCUT2D eigenvalue weighted by molar-refractivity contribution is 0.597. The second-order valence-electron chi connectivity index (χ2n) is 3.91. The van der Waals surface area contributed by atoms with Crippen LogP contribution in [-0.4, -0.2) is 36.4 Å². The zero-order valence-corrected chi connectivity index (χ0v) is 12.1. The highest BCUT2D eigenvalue weighted by atomic mass is 32.2. The van der Waals surface area contributed by atoms with Gasteiger partial charge in [0.15, 0.2) is 9.84 Å². The summed E-state index contributed by atoms with van der Waals surface area (Å²) in [4.78, 5) is 4.54. The first-order valence-electron chi connectivity index (χ1n) is 5.57. The molecule has 3 N–H and O–H groups in total. The number of hydrogen-bond donors (Lipinski definition) is 2. The van der Waals surface area contributed by atoms with Gasteiger partial charge >= 0.3 is 0 Å². The number of sulfone groups is 1. The van der Waals surface area contributed by atoms with Crippen LogP contribution in [0.25, 0.3) is 0 Å². The fourth-order valence-corrected chi connectivity index (χ4v) is 2.20. The number of nitrogens with zero attached hydrogens (tertiary/aromatic N) is 1. The van der Waals surface area contributed by atoms with Gasteiger partial charge in [0.2, 0.25) is 0 Å². The van der Waals surface area contributed by atoms with Crippen LogP contribution in [0.3, 0.4) is 0 Å². The maximum Gasteiger partial charge on any atom is 0.151 e. The molecule has 7 heteroatoms. The summed E-state index contributed by atoms with van der Waals surface area (Å²) >= 11 is 4.90. The lowest BCUT2D eigenvalue weighted by Crippen LogP contribution is -2.18. The van der Waals surface area contributed by atoms with Gasteiger partial charge in [-0.3, -0.25) is 0 Å². The van der Waals surface area contributed by atoms with Crippen LogP contribution in [0.4, 0.5) is 5.82 Å². The van der Waals surface area contributed by atoms with Crippen molar-refractivity contribution in [3.63, 3.8) is 0 Å². The van der Waals surface area contributed by atoms with E-state index in [1.54, 1.807) is 19.1 Å². The summed E-state index contributed by atoms with van der Waals surface area (Å²) in [5.74, 6) is 0.819. The summed E-state index contributed by atoms with van der Waals surface area (Å²) in [6.07, 6.45) is 0. The minimum atomic E-state index is -2.97. The van der Waals surface area contributed by atoms with Crippen LogP contribution in [0.5, 0.6) is 0 Å². The highest BCUT2D eigenvalue weighted by Gasteiger charge is 2.07. The highest BCUT2D eigenvalue weighted by Crippen LogP contribution is 2.10. The van der Waals surface area contributed by atoms with Gasteiger partial charge in [-0.05, 0) is 19.1 Å². The normalized spacial score (nSPS) is 11.2. The summed E-state index contributed by atoms with van der Waals surface area (Å²) in [6, 6.07) is 3.50.